The van der Waals surface area contributed by atoms with Crippen LogP contribution in [-0.2, 0) is 11.8 Å². The van der Waals surface area contributed by atoms with Crippen LogP contribution in [0.5, 0.6) is 5.75 Å². The lowest BCUT2D eigenvalue weighted by Gasteiger charge is -2.38. The minimum atomic E-state index is 0. The first-order chi connectivity index (χ1) is 8.07. The van der Waals surface area contributed by atoms with Crippen LogP contribution in [0.3, 0.4) is 0 Å². The quantitative estimate of drug-likeness (QED) is 0.795. The van der Waals surface area contributed by atoms with Gasteiger partial charge in [0.25, 0.3) is 0 Å². The Balaban J connectivity index is 0.00000120. The van der Waals surface area contributed by atoms with Crippen LogP contribution in [0.2, 0.25) is 0 Å². The Morgan fingerprint density at radius 2 is 2.17 bits per heavy atom. The zero-order valence-electron chi connectivity index (χ0n) is 11.1. The van der Waals surface area contributed by atoms with Gasteiger partial charge in [0.1, 0.15) is 5.75 Å². The highest BCUT2D eigenvalue weighted by Crippen LogP contribution is 2.45. The number of hydrogen-bond acceptors (Lipinski definition) is 2. The van der Waals surface area contributed by atoms with E-state index in [1.165, 1.54) is 43.5 Å². The molecule has 0 saturated carbocycles. The lowest BCUT2D eigenvalue weighted by molar-refractivity contribution is 0.289. The van der Waals surface area contributed by atoms with Crippen molar-refractivity contribution in [2.75, 3.05) is 20.1 Å². The van der Waals surface area contributed by atoms with E-state index in [4.69, 9.17) is 0 Å². The molecule has 1 aliphatic heterocycles. The lowest BCUT2D eigenvalue weighted by Crippen LogP contribution is -2.32. The van der Waals surface area contributed by atoms with Gasteiger partial charge in [-0.1, -0.05) is 13.0 Å². The zero-order chi connectivity index (χ0) is 12.0. The summed E-state index contributed by atoms with van der Waals surface area (Å²) in [4.78, 5) is 2.46. The van der Waals surface area contributed by atoms with Gasteiger partial charge in [0.15, 0.2) is 0 Å². The van der Waals surface area contributed by atoms with Gasteiger partial charge in [0.05, 0.1) is 0 Å². The standard InChI is InChI=1S/C15H21NO.BrH/c1-15-5-6-16(2)10-11(9-15)7-12-3-4-13(17)8-14(12)15;/h3-4,8,11,17H,5-7,9-10H2,1-2H3;1H/t11-,15-;/m0./s1. The smallest absolute Gasteiger partial charge is 0.115 e. The van der Waals surface area contributed by atoms with Gasteiger partial charge in [-0.05, 0) is 67.4 Å². The molecule has 0 aromatic heterocycles. The molecule has 0 spiro atoms. The minimum absolute atomic E-state index is 0. The minimum Gasteiger partial charge on any atom is -0.508 e. The van der Waals surface area contributed by atoms with E-state index in [1.54, 1.807) is 0 Å². The van der Waals surface area contributed by atoms with E-state index >= 15 is 0 Å². The number of phenols is 1. The van der Waals surface area contributed by atoms with E-state index in [-0.39, 0.29) is 22.4 Å². The van der Waals surface area contributed by atoms with Crippen molar-refractivity contribution in [3.63, 3.8) is 0 Å². The molecule has 3 rings (SSSR count). The highest BCUT2D eigenvalue weighted by atomic mass is 79.9. The number of halogens is 1. The van der Waals surface area contributed by atoms with E-state index in [0.29, 0.717) is 5.75 Å². The fourth-order valence-electron chi connectivity index (χ4n) is 3.77. The second-order valence-corrected chi connectivity index (χ2v) is 6.19. The number of benzene rings is 1. The Morgan fingerprint density at radius 3 is 2.94 bits per heavy atom. The summed E-state index contributed by atoms with van der Waals surface area (Å²) in [5.74, 6) is 1.20. The van der Waals surface area contributed by atoms with Gasteiger partial charge >= 0.3 is 0 Å². The number of rotatable bonds is 0. The third kappa shape index (κ3) is 2.30. The van der Waals surface area contributed by atoms with Gasteiger partial charge in [-0.3, -0.25) is 0 Å². The predicted molar refractivity (Wildman–Crippen MR) is 79.7 cm³/mol. The number of phenolic OH excluding ortho intramolecular Hbond substituents is 1. The molecular formula is C15H22BrNO. The molecule has 2 nitrogen and oxygen atoms in total. The van der Waals surface area contributed by atoms with Crippen molar-refractivity contribution in [3.05, 3.63) is 29.3 Å². The molecule has 1 aromatic carbocycles. The molecule has 18 heavy (non-hydrogen) atoms. The maximum absolute atomic E-state index is 9.71. The first-order valence-electron chi connectivity index (χ1n) is 6.58. The number of aromatic hydroxyl groups is 1. The summed E-state index contributed by atoms with van der Waals surface area (Å²) < 4.78 is 0. The summed E-state index contributed by atoms with van der Waals surface area (Å²) >= 11 is 0. The molecular weight excluding hydrogens is 290 g/mol. The van der Waals surface area contributed by atoms with Crippen molar-refractivity contribution >= 4 is 17.0 Å². The third-order valence-corrected chi connectivity index (χ3v) is 4.61. The highest BCUT2D eigenvalue weighted by molar-refractivity contribution is 8.93. The van der Waals surface area contributed by atoms with E-state index in [0.717, 1.165) is 5.92 Å². The monoisotopic (exact) mass is 311 g/mol. The van der Waals surface area contributed by atoms with Crippen LogP contribution in [-0.4, -0.2) is 30.1 Å². The topological polar surface area (TPSA) is 23.5 Å². The summed E-state index contributed by atoms with van der Waals surface area (Å²) in [7, 11) is 2.23. The average molecular weight is 312 g/mol. The predicted octanol–water partition coefficient (Wildman–Crippen LogP) is 3.13. The van der Waals surface area contributed by atoms with Gasteiger partial charge in [-0.25, -0.2) is 0 Å². The first kappa shape index (κ1) is 13.9. The van der Waals surface area contributed by atoms with Crippen LogP contribution in [0.15, 0.2) is 18.2 Å². The number of likely N-dealkylation sites (tertiary alicyclic amines) is 1. The van der Waals surface area contributed by atoms with Crippen molar-refractivity contribution < 1.29 is 5.11 Å². The van der Waals surface area contributed by atoms with Gasteiger partial charge < -0.3 is 10.0 Å². The molecule has 0 amide bonds. The number of nitrogens with zero attached hydrogens (tertiary/aromatic N) is 1. The second-order valence-electron chi connectivity index (χ2n) is 6.19. The van der Waals surface area contributed by atoms with Crippen molar-refractivity contribution in [3.8, 4) is 5.75 Å². The Bertz CT molecular complexity index is 448. The van der Waals surface area contributed by atoms with Gasteiger partial charge in [-0.2, -0.15) is 0 Å². The molecule has 1 N–H and O–H groups in total. The van der Waals surface area contributed by atoms with Crippen molar-refractivity contribution in [1.29, 1.82) is 0 Å². The fraction of sp³-hybridized carbons (Fsp3) is 0.600. The van der Waals surface area contributed by atoms with Crippen LogP contribution in [0.1, 0.15) is 30.9 Å². The Kier molecular flexibility index (Phi) is 3.75. The SMILES string of the molecule is Br.CN1CC[C@@]2(C)C[C@H](Cc3ccc(O)cc32)C1. The Hall–Kier alpha value is -0.540. The summed E-state index contributed by atoms with van der Waals surface area (Å²) in [6.45, 7) is 4.76. The summed E-state index contributed by atoms with van der Waals surface area (Å²) in [5, 5.41) is 9.71. The fourth-order valence-corrected chi connectivity index (χ4v) is 3.77. The van der Waals surface area contributed by atoms with E-state index < -0.39 is 0 Å². The van der Waals surface area contributed by atoms with E-state index in [2.05, 4.69) is 24.9 Å². The van der Waals surface area contributed by atoms with E-state index in [9.17, 15) is 5.11 Å². The second kappa shape index (κ2) is 4.86. The highest BCUT2D eigenvalue weighted by Gasteiger charge is 2.39. The molecule has 1 saturated heterocycles. The van der Waals surface area contributed by atoms with Crippen LogP contribution >= 0.6 is 17.0 Å². The molecule has 0 unspecified atom stereocenters. The summed E-state index contributed by atoms with van der Waals surface area (Å²) in [6.07, 6.45) is 3.65. The van der Waals surface area contributed by atoms with Crippen LogP contribution in [0.4, 0.5) is 0 Å². The molecule has 2 atom stereocenters. The van der Waals surface area contributed by atoms with Crippen molar-refractivity contribution in [2.45, 2.75) is 31.6 Å². The number of hydrogen-bond donors (Lipinski definition) is 1. The lowest BCUT2D eigenvalue weighted by atomic mass is 9.66. The van der Waals surface area contributed by atoms with Gasteiger partial charge in [-0.15, -0.1) is 17.0 Å². The number of fused-ring (bicyclic) bond motifs is 4. The molecule has 1 heterocycles. The maximum atomic E-state index is 9.71. The van der Waals surface area contributed by atoms with Crippen LogP contribution in [0, 0.1) is 5.92 Å². The van der Waals surface area contributed by atoms with Crippen LogP contribution in [0.25, 0.3) is 0 Å². The largest absolute Gasteiger partial charge is 0.508 e. The van der Waals surface area contributed by atoms with Crippen molar-refractivity contribution in [2.24, 2.45) is 5.92 Å². The first-order valence-corrected chi connectivity index (χ1v) is 6.58. The Labute approximate surface area is 120 Å². The maximum Gasteiger partial charge on any atom is 0.115 e. The summed E-state index contributed by atoms with van der Waals surface area (Å²) in [5.41, 5.74) is 3.11. The van der Waals surface area contributed by atoms with Crippen molar-refractivity contribution in [1.82, 2.24) is 4.90 Å². The summed E-state index contributed by atoms with van der Waals surface area (Å²) in [6, 6.07) is 5.96. The zero-order valence-corrected chi connectivity index (χ0v) is 12.9. The third-order valence-electron chi connectivity index (χ3n) is 4.61. The van der Waals surface area contributed by atoms with E-state index in [1.807, 2.05) is 12.1 Å². The molecule has 100 valence electrons. The Morgan fingerprint density at radius 1 is 1.39 bits per heavy atom. The molecule has 2 bridgehead atoms. The molecule has 2 aliphatic rings. The normalized spacial score (nSPS) is 31.1. The molecule has 1 aliphatic carbocycles. The average Bonchev–Trinajstić information content (AvgIpc) is 2.39. The molecule has 3 heteroatoms. The molecule has 0 radical (unpaired) electrons. The van der Waals surface area contributed by atoms with Crippen LogP contribution < -0.4 is 0 Å². The molecule has 1 fully saturated rings. The van der Waals surface area contributed by atoms with Gasteiger partial charge in [0.2, 0.25) is 0 Å². The molecule has 1 aromatic rings. The van der Waals surface area contributed by atoms with Gasteiger partial charge in [0, 0.05) is 6.54 Å².